The van der Waals surface area contributed by atoms with Crippen LogP contribution in [0.3, 0.4) is 0 Å². The standard InChI is InChI=1S/C26H29ClN6O2/c1-30-23-22(24(34)29-26(30)35)33(13-5-8-19-6-3-2-4-7-19)25(28-23)32-16-14-31(15-17-32)18-20-9-11-21(27)12-10-20/h2-12,22-23H,13-18H2,1H3,(H,29,34,35)/b8-5+. The molecule has 2 atom stereocenters. The van der Waals surface area contributed by atoms with Crippen LogP contribution in [-0.4, -0.2) is 89.5 Å². The van der Waals surface area contributed by atoms with E-state index >= 15 is 0 Å². The third-order valence-corrected chi connectivity index (χ3v) is 6.98. The molecule has 0 aliphatic carbocycles. The van der Waals surface area contributed by atoms with E-state index in [4.69, 9.17) is 16.6 Å². The van der Waals surface area contributed by atoms with Crippen molar-refractivity contribution in [3.63, 3.8) is 0 Å². The Labute approximate surface area is 210 Å². The molecular formula is C26H29ClN6O2. The molecule has 3 heterocycles. The van der Waals surface area contributed by atoms with E-state index in [0.29, 0.717) is 6.54 Å². The number of nitrogens with zero attached hydrogens (tertiary/aromatic N) is 5. The average molecular weight is 493 g/mol. The van der Waals surface area contributed by atoms with Gasteiger partial charge in [-0.05, 0) is 23.3 Å². The molecule has 9 heteroatoms. The Morgan fingerprint density at radius 3 is 2.46 bits per heavy atom. The van der Waals surface area contributed by atoms with E-state index in [2.05, 4.69) is 27.2 Å². The van der Waals surface area contributed by atoms with Crippen LogP contribution in [0.4, 0.5) is 4.79 Å². The summed E-state index contributed by atoms with van der Waals surface area (Å²) in [5.74, 6) is 0.479. The number of rotatable bonds is 5. The summed E-state index contributed by atoms with van der Waals surface area (Å²) >= 11 is 6.02. The number of benzene rings is 2. The molecule has 3 aliphatic rings. The number of carbonyl (C=O) groups excluding carboxylic acids is 2. The molecular weight excluding hydrogens is 464 g/mol. The summed E-state index contributed by atoms with van der Waals surface area (Å²) in [4.78, 5) is 38.2. The minimum absolute atomic E-state index is 0.300. The lowest BCUT2D eigenvalue weighted by molar-refractivity contribution is -0.127. The molecule has 1 N–H and O–H groups in total. The molecule has 3 amide bonds. The molecule has 3 aliphatic heterocycles. The summed E-state index contributed by atoms with van der Waals surface area (Å²) in [6.07, 6.45) is 3.57. The van der Waals surface area contributed by atoms with E-state index in [9.17, 15) is 9.59 Å². The van der Waals surface area contributed by atoms with Crippen molar-refractivity contribution in [1.82, 2.24) is 24.9 Å². The summed E-state index contributed by atoms with van der Waals surface area (Å²) < 4.78 is 0. The number of fused-ring (bicyclic) bond motifs is 1. The second-order valence-electron chi connectivity index (χ2n) is 9.05. The zero-order valence-electron chi connectivity index (χ0n) is 19.7. The van der Waals surface area contributed by atoms with Crippen molar-refractivity contribution >= 4 is 35.6 Å². The number of nitrogens with one attached hydrogen (secondary N) is 1. The van der Waals surface area contributed by atoms with Gasteiger partial charge in [0.05, 0.1) is 0 Å². The molecule has 2 saturated heterocycles. The average Bonchev–Trinajstić information content (AvgIpc) is 3.25. The molecule has 2 aromatic carbocycles. The Morgan fingerprint density at radius 1 is 1.03 bits per heavy atom. The number of piperazine rings is 1. The number of urea groups is 1. The van der Waals surface area contributed by atoms with Gasteiger partial charge in [0.2, 0.25) is 0 Å². The number of aliphatic imine (C=N–C) groups is 1. The van der Waals surface area contributed by atoms with Crippen molar-refractivity contribution in [3.8, 4) is 0 Å². The van der Waals surface area contributed by atoms with Crippen LogP contribution in [0.1, 0.15) is 11.1 Å². The molecule has 0 radical (unpaired) electrons. The maximum atomic E-state index is 12.8. The predicted octanol–water partition coefficient (Wildman–Crippen LogP) is 2.72. The summed E-state index contributed by atoms with van der Waals surface area (Å²) in [7, 11) is 1.69. The van der Waals surface area contributed by atoms with Crippen molar-refractivity contribution in [3.05, 3.63) is 76.8 Å². The van der Waals surface area contributed by atoms with Gasteiger partial charge in [0.25, 0.3) is 5.91 Å². The summed E-state index contributed by atoms with van der Waals surface area (Å²) in [5.41, 5.74) is 2.33. The zero-order chi connectivity index (χ0) is 24.4. The van der Waals surface area contributed by atoms with E-state index in [1.165, 1.54) is 10.5 Å². The van der Waals surface area contributed by atoms with Gasteiger partial charge in [-0.25, -0.2) is 9.79 Å². The van der Waals surface area contributed by atoms with E-state index in [1.807, 2.05) is 59.5 Å². The largest absolute Gasteiger partial charge is 0.340 e. The second-order valence-corrected chi connectivity index (χ2v) is 9.48. The molecule has 35 heavy (non-hydrogen) atoms. The molecule has 2 unspecified atom stereocenters. The fourth-order valence-electron chi connectivity index (χ4n) is 4.79. The quantitative estimate of drug-likeness (QED) is 0.695. The van der Waals surface area contributed by atoms with Crippen molar-refractivity contribution in [2.45, 2.75) is 18.8 Å². The summed E-state index contributed by atoms with van der Waals surface area (Å²) in [5, 5.41) is 3.22. The molecule has 0 aromatic heterocycles. The van der Waals surface area contributed by atoms with Crippen LogP contribution in [0, 0.1) is 0 Å². The lowest BCUT2D eigenvalue weighted by Crippen LogP contribution is -2.64. The van der Waals surface area contributed by atoms with Gasteiger partial charge in [-0.1, -0.05) is 66.2 Å². The number of likely N-dealkylation sites (N-methyl/N-ethyl adjacent to an activating group) is 1. The third kappa shape index (κ3) is 5.04. The number of hydrogen-bond donors (Lipinski definition) is 1. The fraction of sp³-hybridized carbons (Fsp3) is 0.346. The summed E-state index contributed by atoms with van der Waals surface area (Å²) in [6, 6.07) is 17.1. The van der Waals surface area contributed by atoms with Crippen LogP contribution >= 0.6 is 11.6 Å². The lowest BCUT2D eigenvalue weighted by Gasteiger charge is -2.40. The molecule has 2 aromatic rings. The van der Waals surface area contributed by atoms with Gasteiger partial charge in [0.1, 0.15) is 0 Å². The van der Waals surface area contributed by atoms with Crippen LogP contribution in [0.25, 0.3) is 6.08 Å². The number of imide groups is 1. The van der Waals surface area contributed by atoms with E-state index < -0.39 is 18.2 Å². The van der Waals surface area contributed by atoms with Crippen molar-refractivity contribution in [2.75, 3.05) is 39.8 Å². The maximum Gasteiger partial charge on any atom is 0.325 e. The molecule has 8 nitrogen and oxygen atoms in total. The van der Waals surface area contributed by atoms with Crippen LogP contribution in [0.15, 0.2) is 65.7 Å². The maximum absolute atomic E-state index is 12.8. The number of hydrogen-bond acceptors (Lipinski definition) is 6. The normalized spacial score (nSPS) is 23.0. The van der Waals surface area contributed by atoms with Crippen molar-refractivity contribution in [2.24, 2.45) is 4.99 Å². The minimum Gasteiger partial charge on any atom is -0.340 e. The Hall–Kier alpha value is -3.36. The monoisotopic (exact) mass is 492 g/mol. The number of amides is 3. The molecule has 0 saturated carbocycles. The first-order chi connectivity index (χ1) is 17.0. The molecule has 0 spiro atoms. The first-order valence-electron chi connectivity index (χ1n) is 11.8. The molecule has 5 rings (SSSR count). The smallest absolute Gasteiger partial charge is 0.325 e. The van der Waals surface area contributed by atoms with Gasteiger partial charge in [-0.3, -0.25) is 15.0 Å². The highest BCUT2D eigenvalue weighted by Crippen LogP contribution is 2.26. The van der Waals surface area contributed by atoms with E-state index in [-0.39, 0.29) is 5.91 Å². The van der Waals surface area contributed by atoms with E-state index in [1.54, 1.807) is 7.05 Å². The van der Waals surface area contributed by atoms with Crippen molar-refractivity contribution in [1.29, 1.82) is 0 Å². The molecule has 0 bridgehead atoms. The molecule has 182 valence electrons. The van der Waals surface area contributed by atoms with Crippen LogP contribution < -0.4 is 5.32 Å². The Balaban J connectivity index is 1.30. The Kier molecular flexibility index (Phi) is 6.74. The van der Waals surface area contributed by atoms with E-state index in [0.717, 1.165) is 49.3 Å². The number of carbonyl (C=O) groups is 2. The van der Waals surface area contributed by atoms with Gasteiger partial charge in [0, 0.05) is 51.3 Å². The number of guanidine groups is 1. The first-order valence-corrected chi connectivity index (χ1v) is 12.2. The van der Waals surface area contributed by atoms with Gasteiger partial charge in [0.15, 0.2) is 18.2 Å². The minimum atomic E-state index is -0.541. The summed E-state index contributed by atoms with van der Waals surface area (Å²) in [6.45, 7) is 4.74. The highest BCUT2D eigenvalue weighted by atomic mass is 35.5. The Bertz CT molecular complexity index is 1130. The lowest BCUT2D eigenvalue weighted by atomic mass is 10.1. The molecule has 2 fully saturated rings. The van der Waals surface area contributed by atoms with Gasteiger partial charge < -0.3 is 14.7 Å². The van der Waals surface area contributed by atoms with Crippen LogP contribution in [0.5, 0.6) is 0 Å². The van der Waals surface area contributed by atoms with Gasteiger partial charge in [-0.2, -0.15) is 0 Å². The topological polar surface area (TPSA) is 71.5 Å². The SMILES string of the molecule is CN1C(=O)NC(=O)C2C1N=C(N1CCN(Cc3ccc(Cl)cc3)CC1)N2C/C=C/c1ccccc1. The van der Waals surface area contributed by atoms with Crippen LogP contribution in [-0.2, 0) is 11.3 Å². The zero-order valence-corrected chi connectivity index (χ0v) is 20.4. The third-order valence-electron chi connectivity index (χ3n) is 6.73. The highest BCUT2D eigenvalue weighted by molar-refractivity contribution is 6.30. The predicted molar refractivity (Wildman–Crippen MR) is 137 cm³/mol. The number of halogens is 1. The highest BCUT2D eigenvalue weighted by Gasteiger charge is 2.49. The van der Waals surface area contributed by atoms with Crippen molar-refractivity contribution < 1.29 is 9.59 Å². The fourth-order valence-corrected chi connectivity index (χ4v) is 4.92. The van der Waals surface area contributed by atoms with Crippen LogP contribution in [0.2, 0.25) is 5.02 Å². The Morgan fingerprint density at radius 2 is 1.74 bits per heavy atom. The first kappa shape index (κ1) is 23.4. The van der Waals surface area contributed by atoms with Gasteiger partial charge in [-0.15, -0.1) is 0 Å². The second kappa shape index (κ2) is 10.1. The van der Waals surface area contributed by atoms with Gasteiger partial charge >= 0.3 is 6.03 Å².